The minimum absolute atomic E-state index is 0.380. The Morgan fingerprint density at radius 1 is 1.35 bits per heavy atom. The van der Waals surface area contributed by atoms with Gasteiger partial charge in [0.2, 0.25) is 0 Å². The van der Waals surface area contributed by atoms with Crippen LogP contribution in [-0.4, -0.2) is 20.1 Å². The number of hydrogen-bond donors (Lipinski definition) is 1. The van der Waals surface area contributed by atoms with E-state index < -0.39 is 0 Å². The molecule has 0 saturated heterocycles. The molecule has 1 aliphatic rings. The van der Waals surface area contributed by atoms with Crippen LogP contribution in [0.15, 0.2) is 6.20 Å². The van der Waals surface area contributed by atoms with Gasteiger partial charge in [0.25, 0.3) is 0 Å². The Balaban J connectivity index is 2.06. The predicted octanol–water partition coefficient (Wildman–Crippen LogP) is 2.69. The predicted molar refractivity (Wildman–Crippen MR) is 66.5 cm³/mol. The maximum Gasteiger partial charge on any atom is 0.100 e. The first kappa shape index (κ1) is 12.6. The van der Waals surface area contributed by atoms with Crippen LogP contribution in [0.5, 0.6) is 0 Å². The summed E-state index contributed by atoms with van der Waals surface area (Å²) >= 11 is 0. The van der Waals surface area contributed by atoms with Crippen LogP contribution in [0.3, 0.4) is 0 Å². The fourth-order valence-corrected chi connectivity index (χ4v) is 2.75. The molecular formula is C13H23N3O. The molecule has 0 aromatic carbocycles. The van der Waals surface area contributed by atoms with Gasteiger partial charge < -0.3 is 5.11 Å². The second kappa shape index (κ2) is 6.15. The minimum atomic E-state index is -0.380. The molecule has 1 aromatic heterocycles. The summed E-state index contributed by atoms with van der Waals surface area (Å²) in [6, 6.07) is 0. The molecule has 1 aromatic rings. The highest BCUT2D eigenvalue weighted by Gasteiger charge is 2.25. The molecule has 4 heteroatoms. The van der Waals surface area contributed by atoms with Crippen LogP contribution in [0.4, 0.5) is 0 Å². The SMILES string of the molecule is CCCn1nncc1C(O)C1CCCCCC1. The van der Waals surface area contributed by atoms with E-state index in [1.165, 1.54) is 25.7 Å². The van der Waals surface area contributed by atoms with Gasteiger partial charge in [0.05, 0.1) is 11.9 Å². The highest BCUT2D eigenvalue weighted by atomic mass is 16.3. The van der Waals surface area contributed by atoms with Gasteiger partial charge in [-0.15, -0.1) is 5.10 Å². The number of hydrogen-bond acceptors (Lipinski definition) is 3. The molecule has 1 fully saturated rings. The largest absolute Gasteiger partial charge is 0.386 e. The Bertz CT molecular complexity index is 329. The smallest absolute Gasteiger partial charge is 0.100 e. The lowest BCUT2D eigenvalue weighted by molar-refractivity contribution is 0.0898. The average Bonchev–Trinajstić information content (AvgIpc) is 2.63. The first-order chi connectivity index (χ1) is 8.33. The van der Waals surface area contributed by atoms with E-state index in [2.05, 4.69) is 17.2 Å². The summed E-state index contributed by atoms with van der Waals surface area (Å²) in [5.41, 5.74) is 0.902. The van der Waals surface area contributed by atoms with Gasteiger partial charge in [0.15, 0.2) is 0 Å². The van der Waals surface area contributed by atoms with Crippen molar-refractivity contribution in [3.8, 4) is 0 Å². The Hall–Kier alpha value is -0.900. The first-order valence-corrected chi connectivity index (χ1v) is 6.89. The molecule has 1 unspecified atom stereocenters. The maximum atomic E-state index is 10.5. The Morgan fingerprint density at radius 2 is 2.06 bits per heavy atom. The van der Waals surface area contributed by atoms with Gasteiger partial charge in [0.1, 0.15) is 6.10 Å². The number of aromatic nitrogens is 3. The second-order valence-electron chi connectivity index (χ2n) is 5.08. The van der Waals surface area contributed by atoms with E-state index in [4.69, 9.17) is 0 Å². The van der Waals surface area contributed by atoms with Crippen LogP contribution in [0.1, 0.15) is 63.7 Å². The van der Waals surface area contributed by atoms with Gasteiger partial charge in [-0.3, -0.25) is 0 Å². The van der Waals surface area contributed by atoms with Crippen LogP contribution in [0.25, 0.3) is 0 Å². The van der Waals surface area contributed by atoms with Crippen molar-refractivity contribution in [2.24, 2.45) is 5.92 Å². The van der Waals surface area contributed by atoms with Crippen LogP contribution >= 0.6 is 0 Å². The topological polar surface area (TPSA) is 50.9 Å². The number of aryl methyl sites for hydroxylation is 1. The molecule has 96 valence electrons. The van der Waals surface area contributed by atoms with Crippen molar-refractivity contribution in [1.29, 1.82) is 0 Å². The number of nitrogens with zero attached hydrogens (tertiary/aromatic N) is 3. The van der Waals surface area contributed by atoms with Crippen molar-refractivity contribution in [3.63, 3.8) is 0 Å². The standard InChI is InChI=1S/C13H23N3O/c1-2-9-16-12(10-14-15-16)13(17)11-7-5-3-4-6-8-11/h10-11,13,17H,2-9H2,1H3. The van der Waals surface area contributed by atoms with E-state index in [1.54, 1.807) is 6.20 Å². The molecule has 1 aliphatic carbocycles. The Morgan fingerprint density at radius 3 is 2.71 bits per heavy atom. The van der Waals surface area contributed by atoms with Crippen LogP contribution in [-0.2, 0) is 6.54 Å². The molecular weight excluding hydrogens is 214 g/mol. The molecule has 2 rings (SSSR count). The van der Waals surface area contributed by atoms with Gasteiger partial charge in [-0.1, -0.05) is 37.8 Å². The van der Waals surface area contributed by atoms with Crippen LogP contribution in [0, 0.1) is 5.92 Å². The van der Waals surface area contributed by atoms with Crippen molar-refractivity contribution in [2.75, 3.05) is 0 Å². The van der Waals surface area contributed by atoms with Gasteiger partial charge in [-0.2, -0.15) is 0 Å². The van der Waals surface area contributed by atoms with Gasteiger partial charge in [-0.25, -0.2) is 4.68 Å². The summed E-state index contributed by atoms with van der Waals surface area (Å²) in [5.74, 6) is 0.395. The highest BCUT2D eigenvalue weighted by molar-refractivity contribution is 5.01. The van der Waals surface area contributed by atoms with E-state index in [0.717, 1.165) is 31.5 Å². The molecule has 1 atom stereocenters. The summed E-state index contributed by atoms with van der Waals surface area (Å²) in [6.45, 7) is 2.96. The molecule has 0 amide bonds. The molecule has 0 aliphatic heterocycles. The quantitative estimate of drug-likeness (QED) is 0.819. The second-order valence-corrected chi connectivity index (χ2v) is 5.08. The van der Waals surface area contributed by atoms with Crippen LogP contribution in [0.2, 0.25) is 0 Å². The third-order valence-electron chi connectivity index (χ3n) is 3.73. The van der Waals surface area contributed by atoms with Crippen molar-refractivity contribution in [2.45, 2.75) is 64.5 Å². The molecule has 1 saturated carbocycles. The van der Waals surface area contributed by atoms with E-state index in [9.17, 15) is 5.11 Å². The summed E-state index contributed by atoms with van der Waals surface area (Å²) in [4.78, 5) is 0. The van der Waals surface area contributed by atoms with E-state index >= 15 is 0 Å². The summed E-state index contributed by atoms with van der Waals surface area (Å²) in [5, 5.41) is 18.5. The summed E-state index contributed by atoms with van der Waals surface area (Å²) in [7, 11) is 0. The lowest BCUT2D eigenvalue weighted by atomic mass is 9.92. The lowest BCUT2D eigenvalue weighted by Gasteiger charge is -2.21. The summed E-state index contributed by atoms with van der Waals surface area (Å²) < 4.78 is 1.86. The molecule has 0 radical (unpaired) electrons. The van der Waals surface area contributed by atoms with E-state index in [0.29, 0.717) is 5.92 Å². The van der Waals surface area contributed by atoms with Crippen molar-refractivity contribution in [3.05, 3.63) is 11.9 Å². The van der Waals surface area contributed by atoms with Gasteiger partial charge in [-0.05, 0) is 25.2 Å². The first-order valence-electron chi connectivity index (χ1n) is 6.89. The third kappa shape index (κ3) is 3.06. The zero-order valence-corrected chi connectivity index (χ0v) is 10.7. The minimum Gasteiger partial charge on any atom is -0.386 e. The molecule has 4 nitrogen and oxygen atoms in total. The average molecular weight is 237 g/mol. The highest BCUT2D eigenvalue weighted by Crippen LogP contribution is 2.33. The van der Waals surface area contributed by atoms with E-state index in [-0.39, 0.29) is 6.10 Å². The molecule has 1 N–H and O–H groups in total. The Labute approximate surface area is 103 Å². The van der Waals surface area contributed by atoms with Crippen molar-refractivity contribution < 1.29 is 5.11 Å². The zero-order chi connectivity index (χ0) is 12.1. The normalized spacial score (nSPS) is 20.1. The monoisotopic (exact) mass is 237 g/mol. The molecule has 0 spiro atoms. The fourth-order valence-electron chi connectivity index (χ4n) is 2.75. The summed E-state index contributed by atoms with van der Waals surface area (Å²) in [6.07, 6.45) is 9.77. The fraction of sp³-hybridized carbons (Fsp3) is 0.846. The number of aliphatic hydroxyl groups is 1. The zero-order valence-electron chi connectivity index (χ0n) is 10.7. The maximum absolute atomic E-state index is 10.5. The van der Waals surface area contributed by atoms with Gasteiger partial charge >= 0.3 is 0 Å². The van der Waals surface area contributed by atoms with Gasteiger partial charge in [0, 0.05) is 6.54 Å². The molecule has 0 bridgehead atoms. The van der Waals surface area contributed by atoms with Crippen LogP contribution < -0.4 is 0 Å². The lowest BCUT2D eigenvalue weighted by Crippen LogP contribution is -2.17. The number of rotatable bonds is 4. The number of aliphatic hydroxyl groups excluding tert-OH is 1. The van der Waals surface area contributed by atoms with Crippen molar-refractivity contribution >= 4 is 0 Å². The Kier molecular flexibility index (Phi) is 4.54. The van der Waals surface area contributed by atoms with E-state index in [1.807, 2.05) is 4.68 Å². The third-order valence-corrected chi connectivity index (χ3v) is 3.73. The van der Waals surface area contributed by atoms with Crippen molar-refractivity contribution in [1.82, 2.24) is 15.0 Å². The molecule has 1 heterocycles. The molecule has 17 heavy (non-hydrogen) atoms.